The predicted octanol–water partition coefficient (Wildman–Crippen LogP) is -0.106. The molecule has 17 heavy (non-hydrogen) atoms. The molecule has 0 amide bonds. The molecule has 1 aromatic heterocycles. The zero-order valence-corrected chi connectivity index (χ0v) is 9.61. The van der Waals surface area contributed by atoms with E-state index in [4.69, 9.17) is 5.11 Å². The van der Waals surface area contributed by atoms with E-state index in [0.29, 0.717) is 4.31 Å². The van der Waals surface area contributed by atoms with Crippen LogP contribution in [0.15, 0.2) is 18.3 Å². The SMILES string of the molecule is CN(CC(=O)O)S(=O)(=O)Nc1ccc(F)cn1. The first-order chi connectivity index (χ1) is 7.81. The minimum atomic E-state index is -4.00. The Morgan fingerprint density at radius 2 is 2.24 bits per heavy atom. The fourth-order valence-corrected chi connectivity index (χ4v) is 1.74. The maximum atomic E-state index is 12.5. The molecule has 0 aliphatic heterocycles. The Bertz CT molecular complexity index is 502. The summed E-state index contributed by atoms with van der Waals surface area (Å²) in [7, 11) is -2.91. The van der Waals surface area contributed by atoms with Crippen LogP contribution >= 0.6 is 0 Å². The number of likely N-dealkylation sites (N-methyl/N-ethyl adjacent to an activating group) is 1. The van der Waals surface area contributed by atoms with Crippen LogP contribution in [0.4, 0.5) is 10.2 Å². The second-order valence-corrected chi connectivity index (χ2v) is 4.90. The third-order valence-corrected chi connectivity index (χ3v) is 3.15. The molecule has 1 rings (SSSR count). The summed E-state index contributed by atoms with van der Waals surface area (Å²) >= 11 is 0. The van der Waals surface area contributed by atoms with Gasteiger partial charge in [-0.2, -0.15) is 12.7 Å². The van der Waals surface area contributed by atoms with Gasteiger partial charge in [0.05, 0.1) is 6.20 Å². The molecule has 0 atom stereocenters. The lowest BCUT2D eigenvalue weighted by molar-refractivity contribution is -0.137. The monoisotopic (exact) mass is 263 g/mol. The Labute approximate surface area is 97.1 Å². The van der Waals surface area contributed by atoms with Gasteiger partial charge in [-0.1, -0.05) is 0 Å². The maximum absolute atomic E-state index is 12.5. The van der Waals surface area contributed by atoms with Gasteiger partial charge >= 0.3 is 16.2 Å². The molecule has 0 spiro atoms. The van der Waals surface area contributed by atoms with Crippen LogP contribution in [0.5, 0.6) is 0 Å². The zero-order chi connectivity index (χ0) is 13.1. The summed E-state index contributed by atoms with van der Waals surface area (Å²) in [6, 6.07) is 2.16. The van der Waals surface area contributed by atoms with Crippen molar-refractivity contribution in [1.82, 2.24) is 9.29 Å². The molecular formula is C8H10FN3O4S. The van der Waals surface area contributed by atoms with Crippen LogP contribution < -0.4 is 4.72 Å². The van der Waals surface area contributed by atoms with Crippen molar-refractivity contribution in [3.05, 3.63) is 24.1 Å². The standard InChI is InChI=1S/C8H10FN3O4S/c1-12(5-8(13)14)17(15,16)11-7-3-2-6(9)4-10-7/h2-4H,5H2,1H3,(H,10,11)(H,13,14). The molecule has 0 aliphatic rings. The van der Waals surface area contributed by atoms with Crippen molar-refractivity contribution < 1.29 is 22.7 Å². The van der Waals surface area contributed by atoms with Gasteiger partial charge in [-0.05, 0) is 12.1 Å². The number of nitrogens with zero attached hydrogens (tertiary/aromatic N) is 2. The summed E-state index contributed by atoms with van der Waals surface area (Å²) in [5, 5.41) is 8.45. The molecule has 0 aliphatic carbocycles. The minimum absolute atomic E-state index is 0.0939. The number of halogens is 1. The number of carboxylic acid groups (broad SMARTS) is 1. The van der Waals surface area contributed by atoms with Crippen LogP contribution in [0.25, 0.3) is 0 Å². The summed E-state index contributed by atoms with van der Waals surface area (Å²) in [5.41, 5.74) is 0. The number of hydrogen-bond acceptors (Lipinski definition) is 4. The number of pyridine rings is 1. The van der Waals surface area contributed by atoms with Gasteiger partial charge in [0.1, 0.15) is 18.2 Å². The highest BCUT2D eigenvalue weighted by molar-refractivity contribution is 7.90. The molecule has 0 fully saturated rings. The lowest BCUT2D eigenvalue weighted by atomic mass is 10.5. The van der Waals surface area contributed by atoms with Crippen LogP contribution in [-0.4, -0.2) is 42.4 Å². The first-order valence-electron chi connectivity index (χ1n) is 4.38. The van der Waals surface area contributed by atoms with Gasteiger partial charge in [-0.25, -0.2) is 9.37 Å². The lowest BCUT2D eigenvalue weighted by Crippen LogP contribution is -2.36. The smallest absolute Gasteiger partial charge is 0.318 e. The highest BCUT2D eigenvalue weighted by Gasteiger charge is 2.20. The minimum Gasteiger partial charge on any atom is -0.480 e. The topological polar surface area (TPSA) is 99.6 Å². The van der Waals surface area contributed by atoms with E-state index in [0.717, 1.165) is 25.4 Å². The summed E-state index contributed by atoms with van der Waals surface area (Å²) in [5.74, 6) is -1.99. The third kappa shape index (κ3) is 3.96. The van der Waals surface area contributed by atoms with Crippen LogP contribution in [-0.2, 0) is 15.0 Å². The van der Waals surface area contributed by atoms with Gasteiger partial charge in [-0.15, -0.1) is 0 Å². The van der Waals surface area contributed by atoms with Crippen molar-refractivity contribution in [3.63, 3.8) is 0 Å². The number of aromatic nitrogens is 1. The van der Waals surface area contributed by atoms with Crippen molar-refractivity contribution >= 4 is 22.0 Å². The Morgan fingerprint density at radius 3 is 2.71 bits per heavy atom. The Morgan fingerprint density at radius 1 is 1.59 bits per heavy atom. The van der Waals surface area contributed by atoms with Crippen LogP contribution in [0.1, 0.15) is 0 Å². The number of anilines is 1. The maximum Gasteiger partial charge on any atom is 0.318 e. The van der Waals surface area contributed by atoms with E-state index < -0.39 is 28.5 Å². The summed E-state index contributed by atoms with van der Waals surface area (Å²) in [6.45, 7) is -0.684. The van der Waals surface area contributed by atoms with E-state index in [9.17, 15) is 17.6 Å². The van der Waals surface area contributed by atoms with Crippen LogP contribution in [0, 0.1) is 5.82 Å². The quantitative estimate of drug-likeness (QED) is 0.772. The van der Waals surface area contributed by atoms with Gasteiger partial charge in [0, 0.05) is 7.05 Å². The summed E-state index contributed by atoms with van der Waals surface area (Å²) < 4.78 is 38.2. The first kappa shape index (κ1) is 13.3. The van der Waals surface area contributed by atoms with Crippen LogP contribution in [0.2, 0.25) is 0 Å². The summed E-state index contributed by atoms with van der Waals surface area (Å²) in [6.07, 6.45) is 0.842. The molecule has 1 heterocycles. The Balaban J connectivity index is 2.79. The van der Waals surface area contributed by atoms with Crippen molar-refractivity contribution in [2.75, 3.05) is 18.3 Å². The number of carbonyl (C=O) groups is 1. The molecule has 9 heteroatoms. The molecule has 7 nitrogen and oxygen atoms in total. The van der Waals surface area contributed by atoms with Crippen molar-refractivity contribution in [3.8, 4) is 0 Å². The molecule has 0 saturated carbocycles. The fourth-order valence-electron chi connectivity index (χ4n) is 0.922. The predicted molar refractivity (Wildman–Crippen MR) is 57.0 cm³/mol. The normalized spacial score (nSPS) is 11.5. The number of nitrogens with one attached hydrogen (secondary N) is 1. The fraction of sp³-hybridized carbons (Fsp3) is 0.250. The van der Waals surface area contributed by atoms with E-state index in [2.05, 4.69) is 4.98 Å². The Hall–Kier alpha value is -1.74. The number of hydrogen-bond donors (Lipinski definition) is 2. The molecule has 1 aromatic rings. The molecule has 0 saturated heterocycles. The van der Waals surface area contributed by atoms with Gasteiger partial charge < -0.3 is 5.11 Å². The van der Waals surface area contributed by atoms with E-state index in [1.165, 1.54) is 0 Å². The Kier molecular flexibility index (Phi) is 3.97. The van der Waals surface area contributed by atoms with Crippen molar-refractivity contribution in [1.29, 1.82) is 0 Å². The van der Waals surface area contributed by atoms with E-state index in [-0.39, 0.29) is 5.82 Å². The number of carboxylic acids is 1. The summed E-state index contributed by atoms with van der Waals surface area (Å²) in [4.78, 5) is 13.8. The van der Waals surface area contributed by atoms with Crippen molar-refractivity contribution in [2.24, 2.45) is 0 Å². The molecule has 0 bridgehead atoms. The largest absolute Gasteiger partial charge is 0.480 e. The number of rotatable bonds is 5. The van der Waals surface area contributed by atoms with E-state index in [1.807, 2.05) is 4.72 Å². The lowest BCUT2D eigenvalue weighted by Gasteiger charge is -2.15. The van der Waals surface area contributed by atoms with Gasteiger partial charge in [0.2, 0.25) is 0 Å². The van der Waals surface area contributed by atoms with Gasteiger partial charge in [0.25, 0.3) is 0 Å². The third-order valence-electron chi connectivity index (χ3n) is 1.73. The highest BCUT2D eigenvalue weighted by atomic mass is 32.2. The number of aliphatic carboxylic acids is 1. The zero-order valence-electron chi connectivity index (χ0n) is 8.79. The van der Waals surface area contributed by atoms with Crippen LogP contribution in [0.3, 0.4) is 0 Å². The van der Waals surface area contributed by atoms with Crippen molar-refractivity contribution in [2.45, 2.75) is 0 Å². The van der Waals surface area contributed by atoms with Gasteiger partial charge in [-0.3, -0.25) is 9.52 Å². The molecule has 2 N–H and O–H groups in total. The molecule has 94 valence electrons. The first-order valence-corrected chi connectivity index (χ1v) is 5.82. The second kappa shape index (κ2) is 5.06. The molecular weight excluding hydrogens is 253 g/mol. The average molecular weight is 263 g/mol. The molecule has 0 radical (unpaired) electrons. The highest BCUT2D eigenvalue weighted by Crippen LogP contribution is 2.07. The van der Waals surface area contributed by atoms with Gasteiger partial charge in [0.15, 0.2) is 0 Å². The average Bonchev–Trinajstić information content (AvgIpc) is 2.20. The molecule has 0 aromatic carbocycles. The second-order valence-electron chi connectivity index (χ2n) is 3.12. The van der Waals surface area contributed by atoms with E-state index >= 15 is 0 Å². The molecule has 0 unspecified atom stereocenters. The van der Waals surface area contributed by atoms with E-state index in [1.54, 1.807) is 0 Å².